The number of hydrogen-bond donors (Lipinski definition) is 1. The van der Waals surface area contributed by atoms with E-state index in [4.69, 9.17) is 4.74 Å². The van der Waals surface area contributed by atoms with Crippen LogP contribution in [0, 0.1) is 23.7 Å². The second kappa shape index (κ2) is 4.81. The Hall–Kier alpha value is -0.880. The molecule has 1 N–H and O–H groups in total. The lowest BCUT2D eigenvalue weighted by molar-refractivity contribution is -0.145. The summed E-state index contributed by atoms with van der Waals surface area (Å²) >= 11 is 6.98. The summed E-state index contributed by atoms with van der Waals surface area (Å²) in [5.74, 6) is -0.431. The average Bonchev–Trinajstić information content (AvgIpc) is 3.05. The van der Waals surface area contributed by atoms with Crippen LogP contribution >= 0.6 is 31.9 Å². The molecular weight excluding hydrogens is 402 g/mol. The van der Waals surface area contributed by atoms with Gasteiger partial charge in [0.05, 0.1) is 16.7 Å². The summed E-state index contributed by atoms with van der Waals surface area (Å²) in [6.07, 6.45) is 0.860. The van der Waals surface area contributed by atoms with E-state index in [-0.39, 0.29) is 46.5 Å². The molecule has 2 aliphatic carbocycles. The van der Waals surface area contributed by atoms with E-state index in [9.17, 15) is 9.59 Å². The van der Waals surface area contributed by atoms with Crippen molar-refractivity contribution in [1.29, 1.82) is 0 Å². The third-order valence-corrected chi connectivity index (χ3v) is 6.67. The molecule has 2 saturated carbocycles. The van der Waals surface area contributed by atoms with Crippen molar-refractivity contribution in [2.75, 3.05) is 5.32 Å². The first-order valence-corrected chi connectivity index (χ1v) is 8.68. The molecule has 0 radical (unpaired) electrons. The van der Waals surface area contributed by atoms with Crippen molar-refractivity contribution in [2.24, 2.45) is 23.7 Å². The quantitative estimate of drug-likeness (QED) is 0.597. The number of rotatable bonds is 2. The van der Waals surface area contributed by atoms with Crippen LogP contribution < -0.4 is 5.32 Å². The van der Waals surface area contributed by atoms with Crippen molar-refractivity contribution in [3.05, 3.63) is 28.7 Å². The highest BCUT2D eigenvalue weighted by Gasteiger charge is 2.67. The summed E-state index contributed by atoms with van der Waals surface area (Å²) < 4.78 is 6.39. The Balaban J connectivity index is 1.57. The van der Waals surface area contributed by atoms with Crippen molar-refractivity contribution < 1.29 is 14.3 Å². The molecule has 4 rings (SSSR count). The maximum atomic E-state index is 12.6. The lowest BCUT2D eigenvalue weighted by Gasteiger charge is -2.27. The van der Waals surface area contributed by atoms with Crippen LogP contribution in [0.3, 0.4) is 0 Å². The predicted octanol–water partition coefficient (Wildman–Crippen LogP) is 2.96. The largest absolute Gasteiger partial charge is 0.461 e. The number of hydrogen-bond acceptors (Lipinski definition) is 3. The summed E-state index contributed by atoms with van der Waals surface area (Å²) in [6.45, 7) is 0. The summed E-state index contributed by atoms with van der Waals surface area (Å²) in [6, 6.07) is 7.44. The molecule has 4 nitrogen and oxygen atoms in total. The van der Waals surface area contributed by atoms with Crippen LogP contribution in [0.2, 0.25) is 0 Å². The second-order valence-electron chi connectivity index (χ2n) is 5.96. The van der Waals surface area contributed by atoms with Gasteiger partial charge in [0.2, 0.25) is 5.91 Å². The van der Waals surface area contributed by atoms with E-state index in [1.54, 1.807) is 0 Å². The number of esters is 1. The van der Waals surface area contributed by atoms with Gasteiger partial charge >= 0.3 is 5.97 Å². The van der Waals surface area contributed by atoms with E-state index in [1.807, 2.05) is 24.3 Å². The van der Waals surface area contributed by atoms with Gasteiger partial charge in [0.25, 0.3) is 0 Å². The number of carbonyl (C=O) groups is 2. The van der Waals surface area contributed by atoms with E-state index in [1.165, 1.54) is 0 Å². The minimum absolute atomic E-state index is 0.0377. The highest BCUT2D eigenvalue weighted by atomic mass is 79.9. The average molecular weight is 415 g/mol. The number of fused-ring (bicyclic) bond motifs is 1. The number of benzene rings is 1. The molecule has 1 aliphatic heterocycles. The molecule has 0 unspecified atom stereocenters. The zero-order valence-corrected chi connectivity index (χ0v) is 14.1. The van der Waals surface area contributed by atoms with Crippen LogP contribution in [-0.2, 0) is 14.3 Å². The first kappa shape index (κ1) is 13.8. The fraction of sp³-hybridized carbons (Fsp3) is 0.467. The molecule has 1 saturated heterocycles. The van der Waals surface area contributed by atoms with Gasteiger partial charge < -0.3 is 10.1 Å². The van der Waals surface area contributed by atoms with Crippen molar-refractivity contribution >= 4 is 49.4 Å². The normalized spacial score (nSPS) is 39.4. The standard InChI is InChI=1S/C15H13Br2NO3/c16-6-1-3-7(4-2-6)18-14(19)10-8-5-9-11(10)15(20)21-13(9)12(8)17/h1-4,8-13H,5H2,(H,18,19)/t8-,9+,10+,11-,12+,13-/m0/s1. The van der Waals surface area contributed by atoms with Crippen LogP contribution in [0.25, 0.3) is 0 Å². The van der Waals surface area contributed by atoms with Crippen molar-refractivity contribution in [3.8, 4) is 0 Å². The number of alkyl halides is 1. The van der Waals surface area contributed by atoms with Gasteiger partial charge in [-0.25, -0.2) is 0 Å². The highest BCUT2D eigenvalue weighted by molar-refractivity contribution is 9.10. The van der Waals surface area contributed by atoms with E-state index in [0.717, 1.165) is 16.6 Å². The molecule has 6 atom stereocenters. The van der Waals surface area contributed by atoms with E-state index < -0.39 is 0 Å². The number of halogens is 2. The predicted molar refractivity (Wildman–Crippen MR) is 83.9 cm³/mol. The summed E-state index contributed by atoms with van der Waals surface area (Å²) in [7, 11) is 0. The summed E-state index contributed by atoms with van der Waals surface area (Å²) in [4.78, 5) is 24.7. The van der Waals surface area contributed by atoms with Crippen LogP contribution in [0.1, 0.15) is 6.42 Å². The van der Waals surface area contributed by atoms with Crippen LogP contribution in [0.15, 0.2) is 28.7 Å². The molecule has 1 heterocycles. The monoisotopic (exact) mass is 413 g/mol. The van der Waals surface area contributed by atoms with Gasteiger partial charge in [0.1, 0.15) is 6.10 Å². The molecule has 0 aromatic heterocycles. The topological polar surface area (TPSA) is 55.4 Å². The zero-order chi connectivity index (χ0) is 14.7. The summed E-state index contributed by atoms with van der Waals surface area (Å²) in [5.41, 5.74) is 0.750. The van der Waals surface area contributed by atoms with Gasteiger partial charge in [0, 0.05) is 16.1 Å². The van der Waals surface area contributed by atoms with Gasteiger partial charge in [-0.3, -0.25) is 9.59 Å². The molecule has 110 valence electrons. The minimum atomic E-state index is -0.283. The van der Waals surface area contributed by atoms with Crippen molar-refractivity contribution in [1.82, 2.24) is 0 Å². The smallest absolute Gasteiger partial charge is 0.310 e. The zero-order valence-electron chi connectivity index (χ0n) is 11.0. The van der Waals surface area contributed by atoms with Crippen molar-refractivity contribution in [3.63, 3.8) is 0 Å². The van der Waals surface area contributed by atoms with Gasteiger partial charge in [-0.15, -0.1) is 0 Å². The Morgan fingerprint density at radius 1 is 1.24 bits per heavy atom. The van der Waals surface area contributed by atoms with Crippen LogP contribution in [0.4, 0.5) is 5.69 Å². The molecule has 3 aliphatic rings. The Kier molecular flexibility index (Phi) is 3.15. The maximum Gasteiger partial charge on any atom is 0.310 e. The van der Waals surface area contributed by atoms with Crippen LogP contribution in [0.5, 0.6) is 0 Å². The molecule has 0 spiro atoms. The molecule has 3 fully saturated rings. The third-order valence-electron chi connectivity index (χ3n) is 4.94. The highest BCUT2D eigenvalue weighted by Crippen LogP contribution is 2.60. The Bertz CT molecular complexity index is 618. The molecule has 1 aromatic carbocycles. The lowest BCUT2D eigenvalue weighted by Crippen LogP contribution is -2.40. The van der Waals surface area contributed by atoms with E-state index >= 15 is 0 Å². The third kappa shape index (κ3) is 1.99. The first-order valence-electron chi connectivity index (χ1n) is 6.97. The fourth-order valence-corrected chi connectivity index (χ4v) is 5.40. The van der Waals surface area contributed by atoms with E-state index in [2.05, 4.69) is 37.2 Å². The van der Waals surface area contributed by atoms with Gasteiger partial charge in [-0.2, -0.15) is 0 Å². The van der Waals surface area contributed by atoms with Gasteiger partial charge in [0.15, 0.2) is 0 Å². The minimum Gasteiger partial charge on any atom is -0.461 e. The Morgan fingerprint density at radius 2 is 1.95 bits per heavy atom. The lowest BCUT2D eigenvalue weighted by atomic mass is 9.79. The van der Waals surface area contributed by atoms with Crippen LogP contribution in [-0.4, -0.2) is 22.8 Å². The molecule has 6 heteroatoms. The molecule has 1 aromatic rings. The number of ether oxygens (including phenoxy) is 1. The van der Waals surface area contributed by atoms with Gasteiger partial charge in [-0.1, -0.05) is 31.9 Å². The van der Waals surface area contributed by atoms with Gasteiger partial charge in [-0.05, 0) is 36.6 Å². The molecule has 1 amide bonds. The maximum absolute atomic E-state index is 12.6. The summed E-state index contributed by atoms with van der Waals surface area (Å²) in [5, 5.41) is 2.93. The number of nitrogens with one attached hydrogen (secondary N) is 1. The SMILES string of the molecule is O=C(Nc1ccc(Br)cc1)[C@@H]1[C@@H]2C[C@H]3[C@H](OC(=O)[C@@H]31)[C@@H]2Br. The second-order valence-corrected chi connectivity index (χ2v) is 7.93. The molecule has 21 heavy (non-hydrogen) atoms. The molecular formula is C15H13Br2NO3. The number of carbonyl (C=O) groups excluding carboxylic acids is 2. The molecule has 2 bridgehead atoms. The first-order chi connectivity index (χ1) is 10.1. The van der Waals surface area contributed by atoms with Crippen molar-refractivity contribution in [2.45, 2.75) is 17.4 Å². The Morgan fingerprint density at radius 3 is 2.67 bits per heavy atom. The van der Waals surface area contributed by atoms with E-state index in [0.29, 0.717) is 0 Å². The fourth-order valence-electron chi connectivity index (χ4n) is 4.09. The Labute approximate surface area is 138 Å². The number of anilines is 1. The number of amides is 1.